The predicted molar refractivity (Wildman–Crippen MR) is 80.3 cm³/mol. The number of nitrogens with two attached hydrogens (primary N) is 1. The van der Waals surface area contributed by atoms with E-state index >= 15 is 0 Å². The van der Waals surface area contributed by atoms with Crippen LogP contribution in [0.5, 0.6) is 0 Å². The van der Waals surface area contributed by atoms with E-state index in [1.807, 2.05) is 23.1 Å². The molecule has 1 fully saturated rings. The highest BCUT2D eigenvalue weighted by Gasteiger charge is 2.30. The van der Waals surface area contributed by atoms with Crippen molar-refractivity contribution in [3.63, 3.8) is 0 Å². The smallest absolute Gasteiger partial charge is 0.223 e. The molecule has 0 aromatic heterocycles. The molecule has 0 saturated carbocycles. The molecular weight excluding hydrogens is 260 g/mol. The highest BCUT2D eigenvalue weighted by Crippen LogP contribution is 2.23. The molecule has 1 aliphatic rings. The SMILES string of the molecule is CC1CC(CN)CN1C(=O)CCc1ccccc1.Cl. The van der Waals surface area contributed by atoms with E-state index in [0.29, 0.717) is 24.9 Å². The Morgan fingerprint density at radius 2 is 2.05 bits per heavy atom. The number of likely N-dealkylation sites (tertiary alicyclic amines) is 1. The molecule has 1 aromatic rings. The molecule has 0 spiro atoms. The predicted octanol–water partition coefficient (Wildman–Crippen LogP) is 2.24. The van der Waals surface area contributed by atoms with E-state index < -0.39 is 0 Å². The Morgan fingerprint density at radius 1 is 1.37 bits per heavy atom. The van der Waals surface area contributed by atoms with Crippen LogP contribution < -0.4 is 5.73 Å². The molecule has 1 saturated heterocycles. The topological polar surface area (TPSA) is 46.3 Å². The second-order valence-corrected chi connectivity index (χ2v) is 5.22. The maximum atomic E-state index is 12.2. The summed E-state index contributed by atoms with van der Waals surface area (Å²) >= 11 is 0. The first kappa shape index (κ1) is 16.0. The molecule has 2 N–H and O–H groups in total. The van der Waals surface area contributed by atoms with Crippen LogP contribution in [0.1, 0.15) is 25.3 Å². The largest absolute Gasteiger partial charge is 0.340 e. The van der Waals surface area contributed by atoms with Crippen molar-refractivity contribution >= 4 is 18.3 Å². The van der Waals surface area contributed by atoms with Crippen LogP contribution in [0, 0.1) is 5.92 Å². The average molecular weight is 283 g/mol. The van der Waals surface area contributed by atoms with Crippen molar-refractivity contribution < 1.29 is 4.79 Å². The summed E-state index contributed by atoms with van der Waals surface area (Å²) in [7, 11) is 0. The summed E-state index contributed by atoms with van der Waals surface area (Å²) < 4.78 is 0. The molecule has 1 aliphatic heterocycles. The number of amides is 1. The van der Waals surface area contributed by atoms with Gasteiger partial charge in [0.25, 0.3) is 0 Å². The fourth-order valence-corrected chi connectivity index (χ4v) is 2.70. The zero-order valence-corrected chi connectivity index (χ0v) is 12.2. The second-order valence-electron chi connectivity index (χ2n) is 5.22. The Balaban J connectivity index is 0.00000180. The Bertz CT molecular complexity index is 396. The highest BCUT2D eigenvalue weighted by atomic mass is 35.5. The summed E-state index contributed by atoms with van der Waals surface area (Å²) in [5.74, 6) is 0.753. The Hall–Kier alpha value is -1.06. The van der Waals surface area contributed by atoms with Crippen LogP contribution >= 0.6 is 12.4 Å². The first-order chi connectivity index (χ1) is 8.70. The summed E-state index contributed by atoms with van der Waals surface area (Å²) in [5, 5.41) is 0. The molecule has 106 valence electrons. The van der Waals surface area contributed by atoms with Crippen LogP contribution in [-0.2, 0) is 11.2 Å². The summed E-state index contributed by atoms with van der Waals surface area (Å²) in [6, 6.07) is 10.5. The van der Waals surface area contributed by atoms with E-state index in [9.17, 15) is 4.79 Å². The molecule has 0 radical (unpaired) electrons. The molecule has 2 unspecified atom stereocenters. The van der Waals surface area contributed by atoms with Gasteiger partial charge in [0.15, 0.2) is 0 Å². The van der Waals surface area contributed by atoms with Crippen LogP contribution in [0.3, 0.4) is 0 Å². The molecular formula is C15H23ClN2O. The van der Waals surface area contributed by atoms with Crippen molar-refractivity contribution in [3.05, 3.63) is 35.9 Å². The first-order valence-electron chi connectivity index (χ1n) is 6.74. The number of carbonyl (C=O) groups excluding carboxylic acids is 1. The number of carbonyl (C=O) groups is 1. The van der Waals surface area contributed by atoms with Gasteiger partial charge in [0, 0.05) is 19.0 Å². The molecule has 3 nitrogen and oxygen atoms in total. The average Bonchev–Trinajstić information content (AvgIpc) is 2.78. The fraction of sp³-hybridized carbons (Fsp3) is 0.533. The monoisotopic (exact) mass is 282 g/mol. The van der Waals surface area contributed by atoms with Crippen LogP contribution in [0.2, 0.25) is 0 Å². The summed E-state index contributed by atoms with van der Waals surface area (Å²) in [4.78, 5) is 14.2. The Labute approximate surface area is 121 Å². The number of benzene rings is 1. The van der Waals surface area contributed by atoms with Gasteiger partial charge in [0.2, 0.25) is 5.91 Å². The lowest BCUT2D eigenvalue weighted by Gasteiger charge is -2.21. The molecule has 1 aromatic carbocycles. The van der Waals surface area contributed by atoms with Crippen LogP contribution in [0.15, 0.2) is 30.3 Å². The minimum absolute atomic E-state index is 0. The lowest BCUT2D eigenvalue weighted by molar-refractivity contribution is -0.131. The zero-order chi connectivity index (χ0) is 13.0. The Kier molecular flexibility index (Phi) is 6.32. The number of aryl methyl sites for hydroxylation is 1. The number of rotatable bonds is 4. The van der Waals surface area contributed by atoms with E-state index in [1.165, 1.54) is 5.56 Å². The van der Waals surface area contributed by atoms with Gasteiger partial charge < -0.3 is 10.6 Å². The maximum Gasteiger partial charge on any atom is 0.223 e. The standard InChI is InChI=1S/C15H22N2O.ClH/c1-12-9-14(10-16)11-17(12)15(18)8-7-13-5-3-2-4-6-13;/h2-6,12,14H,7-11,16H2,1H3;1H. The van der Waals surface area contributed by atoms with E-state index in [4.69, 9.17) is 5.73 Å². The van der Waals surface area contributed by atoms with E-state index in [1.54, 1.807) is 0 Å². The molecule has 1 amide bonds. The number of nitrogens with zero attached hydrogens (tertiary/aromatic N) is 1. The molecule has 2 rings (SSSR count). The molecule has 0 bridgehead atoms. The fourth-order valence-electron chi connectivity index (χ4n) is 2.70. The van der Waals surface area contributed by atoms with Crippen LogP contribution in [0.4, 0.5) is 0 Å². The number of halogens is 1. The maximum absolute atomic E-state index is 12.2. The molecule has 2 atom stereocenters. The van der Waals surface area contributed by atoms with Crippen molar-refractivity contribution in [3.8, 4) is 0 Å². The zero-order valence-electron chi connectivity index (χ0n) is 11.4. The lowest BCUT2D eigenvalue weighted by Crippen LogP contribution is -2.34. The van der Waals surface area contributed by atoms with Gasteiger partial charge in [-0.15, -0.1) is 12.4 Å². The van der Waals surface area contributed by atoms with Gasteiger partial charge in [-0.2, -0.15) is 0 Å². The van der Waals surface area contributed by atoms with Crippen molar-refractivity contribution in [2.24, 2.45) is 11.7 Å². The lowest BCUT2D eigenvalue weighted by atomic mass is 10.1. The molecule has 19 heavy (non-hydrogen) atoms. The van der Waals surface area contributed by atoms with Gasteiger partial charge in [-0.1, -0.05) is 30.3 Å². The number of hydrogen-bond donors (Lipinski definition) is 1. The highest BCUT2D eigenvalue weighted by molar-refractivity contribution is 5.85. The second kappa shape index (κ2) is 7.51. The van der Waals surface area contributed by atoms with Crippen LogP contribution in [-0.4, -0.2) is 29.9 Å². The van der Waals surface area contributed by atoms with Gasteiger partial charge in [0.1, 0.15) is 0 Å². The summed E-state index contributed by atoms with van der Waals surface area (Å²) in [5.41, 5.74) is 6.92. The Morgan fingerprint density at radius 3 is 2.63 bits per heavy atom. The normalized spacial score (nSPS) is 22.1. The third-order valence-electron chi connectivity index (χ3n) is 3.79. The third-order valence-corrected chi connectivity index (χ3v) is 3.79. The molecule has 1 heterocycles. The van der Waals surface area contributed by atoms with Gasteiger partial charge in [0.05, 0.1) is 0 Å². The first-order valence-corrected chi connectivity index (χ1v) is 6.74. The number of hydrogen-bond acceptors (Lipinski definition) is 2. The van der Waals surface area contributed by atoms with Gasteiger partial charge >= 0.3 is 0 Å². The quantitative estimate of drug-likeness (QED) is 0.921. The van der Waals surface area contributed by atoms with Crippen LogP contribution in [0.25, 0.3) is 0 Å². The van der Waals surface area contributed by atoms with Crippen molar-refractivity contribution in [2.75, 3.05) is 13.1 Å². The molecule has 4 heteroatoms. The van der Waals surface area contributed by atoms with Crippen molar-refractivity contribution in [2.45, 2.75) is 32.2 Å². The summed E-state index contributed by atoms with van der Waals surface area (Å²) in [6.07, 6.45) is 2.48. The van der Waals surface area contributed by atoms with Gasteiger partial charge in [-0.25, -0.2) is 0 Å². The minimum atomic E-state index is 0. The minimum Gasteiger partial charge on any atom is -0.340 e. The summed E-state index contributed by atoms with van der Waals surface area (Å²) in [6.45, 7) is 3.65. The van der Waals surface area contributed by atoms with Crippen molar-refractivity contribution in [1.82, 2.24) is 4.90 Å². The third kappa shape index (κ3) is 4.22. The van der Waals surface area contributed by atoms with Gasteiger partial charge in [-0.05, 0) is 37.8 Å². The molecule has 0 aliphatic carbocycles. The van der Waals surface area contributed by atoms with Crippen molar-refractivity contribution in [1.29, 1.82) is 0 Å². The van der Waals surface area contributed by atoms with Gasteiger partial charge in [-0.3, -0.25) is 4.79 Å². The van der Waals surface area contributed by atoms with E-state index in [0.717, 1.165) is 19.4 Å². The van der Waals surface area contributed by atoms with E-state index in [-0.39, 0.29) is 18.3 Å². The van der Waals surface area contributed by atoms with E-state index in [2.05, 4.69) is 19.1 Å².